The number of hydrogen-bond acceptors (Lipinski definition) is 6. The van der Waals surface area contributed by atoms with Crippen LogP contribution in [0.2, 0.25) is 0 Å². The number of H-pyrrole nitrogens is 1. The van der Waals surface area contributed by atoms with Crippen LogP contribution in [0.1, 0.15) is 11.3 Å². The Balaban J connectivity index is 1.91. The van der Waals surface area contributed by atoms with Gasteiger partial charge in [-0.25, -0.2) is 4.98 Å². The molecule has 1 unspecified atom stereocenters. The van der Waals surface area contributed by atoms with E-state index in [1.165, 1.54) is 6.33 Å². The minimum absolute atomic E-state index is 0.120. The van der Waals surface area contributed by atoms with Gasteiger partial charge in [-0.3, -0.25) is 4.79 Å². The van der Waals surface area contributed by atoms with Crippen molar-refractivity contribution in [3.8, 4) is 0 Å². The van der Waals surface area contributed by atoms with Gasteiger partial charge in [-0.15, -0.1) is 0 Å². The Kier molecular flexibility index (Phi) is 5.02. The van der Waals surface area contributed by atoms with Gasteiger partial charge in [0.15, 0.2) is 0 Å². The van der Waals surface area contributed by atoms with Gasteiger partial charge < -0.3 is 25.6 Å². The van der Waals surface area contributed by atoms with Crippen LogP contribution in [-0.2, 0) is 6.42 Å². The van der Waals surface area contributed by atoms with Crippen LogP contribution in [0.5, 0.6) is 0 Å². The summed E-state index contributed by atoms with van der Waals surface area (Å²) in [5.74, 6) is -0.423. The van der Waals surface area contributed by atoms with Crippen LogP contribution in [0.4, 0.5) is 0 Å². The molecule has 0 spiro atoms. The fraction of sp³-hybridized carbons (Fsp3) is 0.538. The van der Waals surface area contributed by atoms with Gasteiger partial charge >= 0.3 is 0 Å². The maximum absolute atomic E-state index is 11.6. The number of aromatic amines is 1. The molecule has 0 aromatic carbocycles. The second-order valence-electron chi connectivity index (χ2n) is 4.82. The summed E-state index contributed by atoms with van der Waals surface area (Å²) in [6.07, 6.45) is 2.94. The highest BCUT2D eigenvalue weighted by Gasteiger charge is 2.20. The molecule has 7 heteroatoms. The summed E-state index contributed by atoms with van der Waals surface area (Å²) >= 11 is 0. The van der Waals surface area contributed by atoms with Crippen molar-refractivity contribution in [2.75, 3.05) is 26.3 Å². The molecule has 0 fully saturated rings. The Morgan fingerprint density at radius 1 is 1.40 bits per heavy atom. The molecule has 1 aromatic rings. The van der Waals surface area contributed by atoms with Crippen molar-refractivity contribution in [1.82, 2.24) is 15.3 Å². The van der Waals surface area contributed by atoms with Crippen molar-refractivity contribution in [2.24, 2.45) is 5.92 Å². The molecule has 0 aliphatic heterocycles. The van der Waals surface area contributed by atoms with Gasteiger partial charge in [-0.1, -0.05) is 6.08 Å². The molecule has 0 saturated carbocycles. The highest BCUT2D eigenvalue weighted by atomic mass is 16.3. The Morgan fingerprint density at radius 2 is 2.20 bits per heavy atom. The number of hydrogen-bond donors (Lipinski definition) is 5. The minimum atomic E-state index is -0.946. The van der Waals surface area contributed by atoms with E-state index in [0.717, 1.165) is 5.57 Å². The Morgan fingerprint density at radius 3 is 2.90 bits per heavy atom. The number of aliphatic hydroxyl groups is 3. The van der Waals surface area contributed by atoms with Crippen LogP contribution in [0, 0.1) is 5.92 Å². The molecule has 0 radical (unpaired) electrons. The third-order valence-electron chi connectivity index (χ3n) is 3.49. The predicted octanol–water partition coefficient (Wildman–Crippen LogP) is -1.74. The largest absolute Gasteiger partial charge is 0.396 e. The van der Waals surface area contributed by atoms with Crippen molar-refractivity contribution < 1.29 is 15.3 Å². The summed E-state index contributed by atoms with van der Waals surface area (Å²) in [5.41, 5.74) is 2.18. The van der Waals surface area contributed by atoms with Crippen LogP contribution >= 0.6 is 0 Å². The zero-order valence-electron chi connectivity index (χ0n) is 11.0. The van der Waals surface area contributed by atoms with E-state index in [0.29, 0.717) is 30.8 Å². The fourth-order valence-corrected chi connectivity index (χ4v) is 2.24. The number of aromatic nitrogens is 2. The number of fused-ring (bicyclic) bond motifs is 1. The fourth-order valence-electron chi connectivity index (χ4n) is 2.24. The lowest BCUT2D eigenvalue weighted by atomic mass is 10.0. The van der Waals surface area contributed by atoms with Gasteiger partial charge in [-0.2, -0.15) is 0 Å². The van der Waals surface area contributed by atoms with Crippen molar-refractivity contribution in [3.63, 3.8) is 0 Å². The Labute approximate surface area is 116 Å². The normalized spacial score (nSPS) is 16.6. The molecular formula is C13H19N3O4. The van der Waals surface area contributed by atoms with E-state index in [1.807, 2.05) is 6.08 Å². The smallest absolute Gasteiger partial charge is 0.254 e. The average molecular weight is 281 g/mol. The quantitative estimate of drug-likeness (QED) is 0.405. The first kappa shape index (κ1) is 14.9. The van der Waals surface area contributed by atoms with E-state index >= 15 is 0 Å². The van der Waals surface area contributed by atoms with E-state index in [4.69, 9.17) is 10.2 Å². The summed E-state index contributed by atoms with van der Waals surface area (Å²) in [7, 11) is 0. The van der Waals surface area contributed by atoms with Crippen molar-refractivity contribution in [2.45, 2.75) is 12.5 Å². The lowest BCUT2D eigenvalue weighted by molar-refractivity contribution is 0.0233. The van der Waals surface area contributed by atoms with E-state index in [2.05, 4.69) is 15.3 Å². The summed E-state index contributed by atoms with van der Waals surface area (Å²) in [4.78, 5) is 18.3. The van der Waals surface area contributed by atoms with Gasteiger partial charge in [0.25, 0.3) is 5.56 Å². The van der Waals surface area contributed by atoms with Crippen molar-refractivity contribution >= 4 is 5.57 Å². The van der Waals surface area contributed by atoms with Crippen LogP contribution in [-0.4, -0.2) is 57.7 Å². The third kappa shape index (κ3) is 3.13. The summed E-state index contributed by atoms with van der Waals surface area (Å²) in [6.45, 7) is 0.282. The monoisotopic (exact) mass is 281 g/mol. The molecule has 2 rings (SSSR count). The standard InChI is InChI=1S/C13H19N3O4/c17-5-9(11(19)6-18)4-14-3-8-1-2-10-12(8)15-7-16-13(10)20/h1,7,9,11,14,17-19H,2-6H2,(H,15,16,20)/t9?,11-/m0/s1. The summed E-state index contributed by atoms with van der Waals surface area (Å²) in [5, 5.41) is 30.6. The predicted molar refractivity (Wildman–Crippen MR) is 73.1 cm³/mol. The highest BCUT2D eigenvalue weighted by Crippen LogP contribution is 2.21. The summed E-state index contributed by atoms with van der Waals surface area (Å²) < 4.78 is 0. The number of nitrogens with zero attached hydrogens (tertiary/aromatic N) is 1. The van der Waals surface area contributed by atoms with Crippen LogP contribution in [0.25, 0.3) is 5.57 Å². The van der Waals surface area contributed by atoms with Crippen molar-refractivity contribution in [1.29, 1.82) is 0 Å². The van der Waals surface area contributed by atoms with Crippen LogP contribution in [0.3, 0.4) is 0 Å². The zero-order chi connectivity index (χ0) is 14.5. The van der Waals surface area contributed by atoms with Crippen LogP contribution in [0.15, 0.2) is 17.2 Å². The number of nitrogens with one attached hydrogen (secondary N) is 2. The van der Waals surface area contributed by atoms with E-state index in [9.17, 15) is 9.90 Å². The van der Waals surface area contributed by atoms with Gasteiger partial charge in [0, 0.05) is 31.2 Å². The molecule has 1 aliphatic rings. The maximum atomic E-state index is 11.6. The molecule has 0 amide bonds. The summed E-state index contributed by atoms with van der Waals surface area (Å²) in [6, 6.07) is 0. The zero-order valence-corrected chi connectivity index (χ0v) is 11.0. The minimum Gasteiger partial charge on any atom is -0.396 e. The van der Waals surface area contributed by atoms with Crippen molar-refractivity contribution in [3.05, 3.63) is 34.0 Å². The van der Waals surface area contributed by atoms with Gasteiger partial charge in [0.1, 0.15) is 0 Å². The first-order valence-electron chi connectivity index (χ1n) is 6.53. The first-order chi connectivity index (χ1) is 9.67. The van der Waals surface area contributed by atoms with Gasteiger partial charge in [0.2, 0.25) is 0 Å². The van der Waals surface area contributed by atoms with Gasteiger partial charge in [-0.05, 0) is 12.0 Å². The Hall–Kier alpha value is -1.54. The first-order valence-corrected chi connectivity index (χ1v) is 6.53. The second kappa shape index (κ2) is 6.76. The molecule has 20 heavy (non-hydrogen) atoms. The van der Waals surface area contributed by atoms with E-state index in [-0.39, 0.29) is 18.8 Å². The number of aliphatic hydroxyl groups excluding tert-OH is 3. The van der Waals surface area contributed by atoms with Crippen LogP contribution < -0.4 is 10.9 Å². The average Bonchev–Trinajstić information content (AvgIpc) is 2.87. The molecular weight excluding hydrogens is 262 g/mol. The molecule has 1 heterocycles. The lowest BCUT2D eigenvalue weighted by Gasteiger charge is -2.19. The molecule has 7 nitrogen and oxygen atoms in total. The lowest BCUT2D eigenvalue weighted by Crippen LogP contribution is -2.36. The molecule has 110 valence electrons. The molecule has 0 bridgehead atoms. The molecule has 2 atom stereocenters. The Bertz CT molecular complexity index is 541. The number of rotatable bonds is 7. The SMILES string of the molecule is O=c1[nH]cnc2c1CC=C2CNCC(CO)[C@@H](O)CO. The number of allylic oxidation sites excluding steroid dienone is 1. The van der Waals surface area contributed by atoms with E-state index in [1.54, 1.807) is 0 Å². The molecule has 1 aromatic heterocycles. The molecule has 5 N–H and O–H groups in total. The topological polar surface area (TPSA) is 118 Å². The van der Waals surface area contributed by atoms with Gasteiger partial charge in [0.05, 0.1) is 24.7 Å². The molecule has 1 aliphatic carbocycles. The molecule has 0 saturated heterocycles. The second-order valence-corrected chi connectivity index (χ2v) is 4.82. The van der Waals surface area contributed by atoms with E-state index < -0.39 is 12.0 Å². The third-order valence-corrected chi connectivity index (χ3v) is 3.49. The highest BCUT2D eigenvalue weighted by molar-refractivity contribution is 5.70. The maximum Gasteiger partial charge on any atom is 0.254 e.